The third kappa shape index (κ3) is 4.87. The highest BCUT2D eigenvalue weighted by Crippen LogP contribution is 2.16. The number of rotatable bonds is 5. The Balaban J connectivity index is 1.73. The molecule has 3 aromatic rings. The number of amides is 1. The molecule has 5 nitrogen and oxygen atoms in total. The van der Waals surface area contributed by atoms with Crippen LogP contribution in [0, 0.1) is 6.92 Å². The van der Waals surface area contributed by atoms with E-state index < -0.39 is 0 Å². The Kier molecular flexibility index (Phi) is 5.40. The van der Waals surface area contributed by atoms with Crippen molar-refractivity contribution in [3.63, 3.8) is 0 Å². The molecule has 2 N–H and O–H groups in total. The van der Waals surface area contributed by atoms with Gasteiger partial charge < -0.3 is 10.6 Å². The molecule has 0 fully saturated rings. The Bertz CT molecular complexity index is 884. The van der Waals surface area contributed by atoms with Gasteiger partial charge in [0.15, 0.2) is 0 Å². The fraction of sp³-hybridized carbons (Fsp3) is 0.105. The Hall–Kier alpha value is -2.73. The first-order valence-electron chi connectivity index (χ1n) is 7.80. The van der Waals surface area contributed by atoms with Crippen molar-refractivity contribution in [2.24, 2.45) is 0 Å². The summed E-state index contributed by atoms with van der Waals surface area (Å²) < 4.78 is 0.898. The highest BCUT2D eigenvalue weighted by molar-refractivity contribution is 9.10. The van der Waals surface area contributed by atoms with Gasteiger partial charge in [0.05, 0.1) is 0 Å². The maximum atomic E-state index is 12.5. The molecule has 0 unspecified atom stereocenters. The zero-order valence-electron chi connectivity index (χ0n) is 13.7. The van der Waals surface area contributed by atoms with Crippen molar-refractivity contribution in [3.8, 4) is 0 Å². The van der Waals surface area contributed by atoms with Crippen LogP contribution in [0.5, 0.6) is 0 Å². The average molecular weight is 397 g/mol. The largest absolute Gasteiger partial charge is 0.350 e. The van der Waals surface area contributed by atoms with Gasteiger partial charge in [-0.1, -0.05) is 52.3 Å². The zero-order valence-corrected chi connectivity index (χ0v) is 15.2. The molecule has 0 bridgehead atoms. The fourth-order valence-corrected chi connectivity index (χ4v) is 2.70. The van der Waals surface area contributed by atoms with E-state index in [4.69, 9.17) is 0 Å². The van der Waals surface area contributed by atoms with Crippen LogP contribution in [0.4, 0.5) is 11.6 Å². The van der Waals surface area contributed by atoms with Crippen molar-refractivity contribution in [2.45, 2.75) is 13.5 Å². The molecule has 0 saturated heterocycles. The molecule has 0 saturated carbocycles. The summed E-state index contributed by atoms with van der Waals surface area (Å²) in [5, 5.41) is 6.00. The van der Waals surface area contributed by atoms with Crippen LogP contribution in [0.3, 0.4) is 0 Å². The maximum absolute atomic E-state index is 12.5. The second-order valence-corrected chi connectivity index (χ2v) is 6.44. The first-order valence-corrected chi connectivity index (χ1v) is 8.60. The SMILES string of the molecule is Cc1cc(C(=O)Nc2cccc(Br)c2)nc(NCc2ccccc2)n1. The predicted molar refractivity (Wildman–Crippen MR) is 103 cm³/mol. The first-order chi connectivity index (χ1) is 12.1. The van der Waals surface area contributed by atoms with E-state index in [2.05, 4.69) is 36.5 Å². The molecule has 0 radical (unpaired) electrons. The van der Waals surface area contributed by atoms with E-state index >= 15 is 0 Å². The highest BCUT2D eigenvalue weighted by atomic mass is 79.9. The van der Waals surface area contributed by atoms with Gasteiger partial charge in [-0.05, 0) is 36.8 Å². The van der Waals surface area contributed by atoms with Crippen molar-refractivity contribution < 1.29 is 4.79 Å². The molecule has 0 aliphatic rings. The maximum Gasteiger partial charge on any atom is 0.274 e. The van der Waals surface area contributed by atoms with Gasteiger partial charge in [0.2, 0.25) is 5.95 Å². The van der Waals surface area contributed by atoms with E-state index in [-0.39, 0.29) is 5.91 Å². The summed E-state index contributed by atoms with van der Waals surface area (Å²) in [6.07, 6.45) is 0. The van der Waals surface area contributed by atoms with Gasteiger partial charge >= 0.3 is 0 Å². The van der Waals surface area contributed by atoms with Crippen molar-refractivity contribution in [2.75, 3.05) is 10.6 Å². The lowest BCUT2D eigenvalue weighted by Crippen LogP contribution is -2.16. The van der Waals surface area contributed by atoms with E-state index in [0.717, 1.165) is 15.7 Å². The average Bonchev–Trinajstić information content (AvgIpc) is 2.60. The van der Waals surface area contributed by atoms with Crippen LogP contribution in [0.1, 0.15) is 21.7 Å². The second kappa shape index (κ2) is 7.90. The van der Waals surface area contributed by atoms with Crippen LogP contribution >= 0.6 is 15.9 Å². The molecule has 0 aliphatic carbocycles. The first kappa shape index (κ1) is 17.1. The summed E-state index contributed by atoms with van der Waals surface area (Å²) in [5.74, 6) is 0.162. The molecule has 6 heteroatoms. The number of anilines is 2. The summed E-state index contributed by atoms with van der Waals surface area (Å²) in [6, 6.07) is 19.0. The minimum Gasteiger partial charge on any atom is -0.350 e. The smallest absolute Gasteiger partial charge is 0.274 e. The van der Waals surface area contributed by atoms with Crippen LogP contribution in [0.25, 0.3) is 0 Å². The summed E-state index contributed by atoms with van der Waals surface area (Å²) in [6.45, 7) is 2.43. The Morgan fingerprint density at radius 3 is 2.60 bits per heavy atom. The van der Waals surface area contributed by atoms with Crippen molar-refractivity contribution in [3.05, 3.63) is 82.1 Å². The van der Waals surface area contributed by atoms with E-state index in [9.17, 15) is 4.79 Å². The summed E-state index contributed by atoms with van der Waals surface area (Å²) in [5.41, 5.74) is 2.87. The quantitative estimate of drug-likeness (QED) is 0.669. The molecular formula is C19H17BrN4O. The number of hydrogen-bond donors (Lipinski definition) is 2. The second-order valence-electron chi connectivity index (χ2n) is 5.52. The molecule has 1 heterocycles. The number of hydrogen-bond acceptors (Lipinski definition) is 4. The van der Waals surface area contributed by atoms with Gasteiger partial charge in [0.25, 0.3) is 5.91 Å². The van der Waals surface area contributed by atoms with Gasteiger partial charge in [-0.3, -0.25) is 4.79 Å². The lowest BCUT2D eigenvalue weighted by atomic mass is 10.2. The van der Waals surface area contributed by atoms with Gasteiger partial charge in [-0.25, -0.2) is 9.97 Å². The van der Waals surface area contributed by atoms with E-state index in [1.807, 2.05) is 61.5 Å². The Morgan fingerprint density at radius 2 is 1.84 bits per heavy atom. The van der Waals surface area contributed by atoms with Crippen LogP contribution < -0.4 is 10.6 Å². The van der Waals surface area contributed by atoms with Crippen LogP contribution in [0.15, 0.2) is 65.1 Å². The van der Waals surface area contributed by atoms with Gasteiger partial charge in [-0.2, -0.15) is 0 Å². The third-order valence-electron chi connectivity index (χ3n) is 3.46. The van der Waals surface area contributed by atoms with Crippen LogP contribution in [0.2, 0.25) is 0 Å². The van der Waals surface area contributed by atoms with E-state index in [1.165, 1.54) is 0 Å². The number of carbonyl (C=O) groups is 1. The van der Waals surface area contributed by atoms with Crippen molar-refractivity contribution >= 4 is 33.5 Å². The van der Waals surface area contributed by atoms with Gasteiger partial charge in [0.1, 0.15) is 5.69 Å². The third-order valence-corrected chi connectivity index (χ3v) is 3.96. The minimum absolute atomic E-state index is 0.272. The lowest BCUT2D eigenvalue weighted by molar-refractivity contribution is 0.102. The molecule has 25 heavy (non-hydrogen) atoms. The standard InChI is InChI=1S/C19H17BrN4O/c1-13-10-17(18(25)23-16-9-5-8-15(20)11-16)24-19(22-13)21-12-14-6-3-2-4-7-14/h2-11H,12H2,1H3,(H,23,25)(H,21,22,24). The molecule has 3 rings (SSSR count). The fourth-order valence-electron chi connectivity index (χ4n) is 2.30. The van der Waals surface area contributed by atoms with E-state index in [1.54, 1.807) is 6.07 Å². The number of aromatic nitrogens is 2. The molecular weight excluding hydrogens is 380 g/mol. The number of carbonyl (C=O) groups excluding carboxylic acids is 1. The monoisotopic (exact) mass is 396 g/mol. The topological polar surface area (TPSA) is 66.9 Å². The Labute approximate surface area is 154 Å². The number of nitrogens with one attached hydrogen (secondary N) is 2. The molecule has 126 valence electrons. The number of nitrogens with zero attached hydrogens (tertiary/aromatic N) is 2. The predicted octanol–water partition coefficient (Wildman–Crippen LogP) is 4.41. The molecule has 1 aromatic heterocycles. The van der Waals surface area contributed by atoms with Crippen LogP contribution in [-0.4, -0.2) is 15.9 Å². The van der Waals surface area contributed by atoms with Gasteiger partial charge in [0, 0.05) is 22.4 Å². The highest BCUT2D eigenvalue weighted by Gasteiger charge is 2.11. The number of aryl methyl sites for hydroxylation is 1. The molecule has 0 aliphatic heterocycles. The van der Waals surface area contributed by atoms with Crippen molar-refractivity contribution in [1.29, 1.82) is 0 Å². The zero-order chi connectivity index (χ0) is 17.6. The molecule has 1 amide bonds. The van der Waals surface area contributed by atoms with Crippen molar-refractivity contribution in [1.82, 2.24) is 9.97 Å². The number of halogens is 1. The molecule has 0 atom stereocenters. The normalized spacial score (nSPS) is 10.3. The number of benzene rings is 2. The summed E-state index contributed by atoms with van der Waals surface area (Å²) in [7, 11) is 0. The van der Waals surface area contributed by atoms with Crippen LogP contribution in [-0.2, 0) is 6.54 Å². The molecule has 2 aromatic carbocycles. The summed E-state index contributed by atoms with van der Waals surface area (Å²) >= 11 is 3.39. The minimum atomic E-state index is -0.272. The lowest BCUT2D eigenvalue weighted by Gasteiger charge is -2.09. The van der Waals surface area contributed by atoms with Gasteiger partial charge in [-0.15, -0.1) is 0 Å². The Morgan fingerprint density at radius 1 is 1.04 bits per heavy atom. The summed E-state index contributed by atoms with van der Waals surface area (Å²) in [4.78, 5) is 21.1. The molecule has 0 spiro atoms. The van der Waals surface area contributed by atoms with E-state index in [0.29, 0.717) is 23.9 Å².